The Bertz CT molecular complexity index is 664. The maximum absolute atomic E-state index is 12.1. The summed E-state index contributed by atoms with van der Waals surface area (Å²) in [6.45, 7) is 0. The van der Waals surface area contributed by atoms with Crippen LogP contribution in [0, 0.1) is 11.3 Å². The molecule has 0 radical (unpaired) electrons. The molecule has 0 bridgehead atoms. The molecule has 0 aliphatic carbocycles. The Morgan fingerprint density at radius 3 is 2.90 bits per heavy atom. The van der Waals surface area contributed by atoms with Crippen LogP contribution in [-0.4, -0.2) is 17.0 Å². The predicted octanol–water partition coefficient (Wildman–Crippen LogP) is 1.90. The van der Waals surface area contributed by atoms with Crippen molar-refractivity contribution in [1.29, 1.82) is 5.26 Å². The lowest BCUT2D eigenvalue weighted by Gasteiger charge is -2.10. The van der Waals surface area contributed by atoms with Gasteiger partial charge in [0.05, 0.1) is 5.56 Å². The number of hydrogen-bond donors (Lipinski definition) is 1. The second-order valence-corrected chi connectivity index (χ2v) is 4.45. The highest BCUT2D eigenvalue weighted by molar-refractivity contribution is 5.94. The van der Waals surface area contributed by atoms with Gasteiger partial charge in [-0.1, -0.05) is 18.2 Å². The van der Waals surface area contributed by atoms with Crippen LogP contribution in [0.1, 0.15) is 11.1 Å². The van der Waals surface area contributed by atoms with Crippen LogP contribution in [-0.2, 0) is 11.2 Å². The zero-order valence-corrected chi connectivity index (χ0v) is 10.5. The van der Waals surface area contributed by atoms with E-state index in [0.717, 1.165) is 11.3 Å². The summed E-state index contributed by atoms with van der Waals surface area (Å²) in [5.41, 5.74) is 1.48. The number of nitrogens with zero attached hydrogens (tertiary/aromatic N) is 2. The van der Waals surface area contributed by atoms with Gasteiger partial charge in [-0.2, -0.15) is 5.26 Å². The van der Waals surface area contributed by atoms with Crippen molar-refractivity contribution in [3.63, 3.8) is 0 Å². The fourth-order valence-corrected chi connectivity index (χ4v) is 2.07. The fourth-order valence-electron chi connectivity index (χ4n) is 2.07. The Hall–Kier alpha value is -2.87. The quantitative estimate of drug-likeness (QED) is 0.899. The van der Waals surface area contributed by atoms with Gasteiger partial charge in [-0.3, -0.25) is 4.79 Å². The van der Waals surface area contributed by atoms with Crippen molar-refractivity contribution in [2.75, 3.05) is 5.32 Å². The molecule has 1 atom stereocenters. The Morgan fingerprint density at radius 2 is 2.20 bits per heavy atom. The number of rotatable bonds is 2. The number of amides is 1. The van der Waals surface area contributed by atoms with Crippen LogP contribution in [0.5, 0.6) is 5.75 Å². The van der Waals surface area contributed by atoms with Gasteiger partial charge in [-0.05, 0) is 23.8 Å². The molecule has 1 aromatic carbocycles. The van der Waals surface area contributed by atoms with Crippen molar-refractivity contribution in [2.24, 2.45) is 0 Å². The molecular formula is C15H11N3O2. The number of ether oxygens (including phenoxy) is 1. The Balaban J connectivity index is 1.68. The van der Waals surface area contributed by atoms with E-state index < -0.39 is 6.10 Å². The summed E-state index contributed by atoms with van der Waals surface area (Å²) >= 11 is 0. The molecule has 2 heterocycles. The van der Waals surface area contributed by atoms with Crippen molar-refractivity contribution in [2.45, 2.75) is 12.5 Å². The van der Waals surface area contributed by atoms with Crippen LogP contribution in [0.25, 0.3) is 0 Å². The molecule has 20 heavy (non-hydrogen) atoms. The average molecular weight is 265 g/mol. The minimum absolute atomic E-state index is 0.238. The lowest BCUT2D eigenvalue weighted by molar-refractivity contribution is -0.122. The van der Waals surface area contributed by atoms with Gasteiger partial charge in [0.2, 0.25) is 0 Å². The number of carbonyl (C=O) groups is 1. The molecule has 1 amide bonds. The summed E-state index contributed by atoms with van der Waals surface area (Å²) in [5, 5.41) is 11.4. The molecule has 2 aromatic rings. The fraction of sp³-hybridized carbons (Fsp3) is 0.133. The van der Waals surface area contributed by atoms with Crippen LogP contribution in [0.2, 0.25) is 0 Å². The Labute approximate surface area is 115 Å². The van der Waals surface area contributed by atoms with E-state index in [0.29, 0.717) is 17.8 Å². The number of anilines is 1. The van der Waals surface area contributed by atoms with E-state index >= 15 is 0 Å². The number of benzene rings is 1. The van der Waals surface area contributed by atoms with E-state index in [4.69, 9.17) is 10.00 Å². The van der Waals surface area contributed by atoms with Crippen LogP contribution in [0.3, 0.4) is 0 Å². The first kappa shape index (κ1) is 12.2. The Morgan fingerprint density at radius 1 is 1.35 bits per heavy atom. The maximum atomic E-state index is 12.1. The number of carbonyl (C=O) groups excluding carboxylic acids is 1. The van der Waals surface area contributed by atoms with Gasteiger partial charge in [-0.15, -0.1) is 0 Å². The molecule has 5 heteroatoms. The molecule has 0 spiro atoms. The van der Waals surface area contributed by atoms with Gasteiger partial charge in [0.15, 0.2) is 6.10 Å². The number of aromatic nitrogens is 1. The molecule has 1 aliphatic rings. The second kappa shape index (κ2) is 5.02. The number of nitriles is 1. The van der Waals surface area contributed by atoms with Crippen LogP contribution in [0.15, 0.2) is 42.6 Å². The summed E-state index contributed by atoms with van der Waals surface area (Å²) in [7, 11) is 0. The van der Waals surface area contributed by atoms with Crippen molar-refractivity contribution < 1.29 is 9.53 Å². The van der Waals surface area contributed by atoms with E-state index in [2.05, 4.69) is 10.3 Å². The minimum atomic E-state index is -0.537. The van der Waals surface area contributed by atoms with E-state index in [1.54, 1.807) is 12.1 Å². The molecule has 0 fully saturated rings. The van der Waals surface area contributed by atoms with Gasteiger partial charge in [0.1, 0.15) is 17.6 Å². The Kier molecular flexibility index (Phi) is 3.05. The normalized spacial score (nSPS) is 15.8. The summed E-state index contributed by atoms with van der Waals surface area (Å²) < 4.78 is 5.59. The van der Waals surface area contributed by atoms with E-state index in [9.17, 15) is 4.79 Å². The third kappa shape index (κ3) is 2.31. The number of hydrogen-bond acceptors (Lipinski definition) is 4. The molecule has 5 nitrogen and oxygen atoms in total. The monoisotopic (exact) mass is 265 g/mol. The first-order valence-electron chi connectivity index (χ1n) is 6.18. The number of pyridine rings is 1. The molecular weight excluding hydrogens is 254 g/mol. The zero-order chi connectivity index (χ0) is 13.9. The number of fused-ring (bicyclic) bond motifs is 1. The van der Waals surface area contributed by atoms with Crippen molar-refractivity contribution in [3.05, 3.63) is 53.7 Å². The first-order valence-corrected chi connectivity index (χ1v) is 6.18. The highest BCUT2D eigenvalue weighted by Gasteiger charge is 2.28. The van der Waals surface area contributed by atoms with E-state index in [1.807, 2.05) is 30.3 Å². The number of nitrogens with one attached hydrogen (secondary N) is 1. The van der Waals surface area contributed by atoms with Gasteiger partial charge in [0, 0.05) is 12.6 Å². The van der Waals surface area contributed by atoms with E-state index in [-0.39, 0.29) is 5.91 Å². The average Bonchev–Trinajstić information content (AvgIpc) is 2.92. The van der Waals surface area contributed by atoms with E-state index in [1.165, 1.54) is 6.20 Å². The SMILES string of the molecule is N#Cc1ccc(NC(=O)C2Cc3ccccc3O2)nc1. The third-order valence-electron chi connectivity index (χ3n) is 3.08. The molecule has 1 N–H and O–H groups in total. The first-order chi connectivity index (χ1) is 9.76. The predicted molar refractivity (Wildman–Crippen MR) is 72.1 cm³/mol. The second-order valence-electron chi connectivity index (χ2n) is 4.45. The van der Waals surface area contributed by atoms with Crippen LogP contribution < -0.4 is 10.1 Å². The third-order valence-corrected chi connectivity index (χ3v) is 3.08. The molecule has 1 aromatic heterocycles. The summed E-state index contributed by atoms with van der Waals surface area (Å²) in [4.78, 5) is 16.1. The van der Waals surface area contributed by atoms with Crippen LogP contribution >= 0.6 is 0 Å². The highest BCUT2D eigenvalue weighted by atomic mass is 16.5. The molecule has 1 aliphatic heterocycles. The lowest BCUT2D eigenvalue weighted by Crippen LogP contribution is -2.31. The number of para-hydroxylation sites is 1. The highest BCUT2D eigenvalue weighted by Crippen LogP contribution is 2.28. The van der Waals surface area contributed by atoms with Crippen molar-refractivity contribution in [3.8, 4) is 11.8 Å². The minimum Gasteiger partial charge on any atom is -0.480 e. The van der Waals surface area contributed by atoms with Gasteiger partial charge in [-0.25, -0.2) is 4.98 Å². The lowest BCUT2D eigenvalue weighted by atomic mass is 10.1. The van der Waals surface area contributed by atoms with Gasteiger partial charge >= 0.3 is 0 Å². The molecule has 98 valence electrons. The molecule has 3 rings (SSSR count). The standard InChI is InChI=1S/C15H11N3O2/c16-8-10-5-6-14(17-9-10)18-15(19)13-7-11-3-1-2-4-12(11)20-13/h1-6,9,13H,7H2,(H,17,18,19). The van der Waals surface area contributed by atoms with Gasteiger partial charge < -0.3 is 10.1 Å². The van der Waals surface area contributed by atoms with Crippen molar-refractivity contribution in [1.82, 2.24) is 4.98 Å². The largest absolute Gasteiger partial charge is 0.480 e. The van der Waals surface area contributed by atoms with Crippen LogP contribution in [0.4, 0.5) is 5.82 Å². The topological polar surface area (TPSA) is 75.0 Å². The summed E-state index contributed by atoms with van der Waals surface area (Å²) in [6.07, 6.45) is 1.43. The maximum Gasteiger partial charge on any atom is 0.266 e. The summed E-state index contributed by atoms with van der Waals surface area (Å²) in [6, 6.07) is 12.8. The van der Waals surface area contributed by atoms with Crippen molar-refractivity contribution >= 4 is 11.7 Å². The summed E-state index contributed by atoms with van der Waals surface area (Å²) in [5.74, 6) is 0.924. The molecule has 0 saturated heterocycles. The molecule has 1 unspecified atom stereocenters. The zero-order valence-electron chi connectivity index (χ0n) is 10.5. The molecule has 0 saturated carbocycles. The van der Waals surface area contributed by atoms with Gasteiger partial charge in [0.25, 0.3) is 5.91 Å². The smallest absolute Gasteiger partial charge is 0.266 e.